The smallest absolute Gasteiger partial charge is 0.306 e. The fourth-order valence-corrected chi connectivity index (χ4v) is 5.05. The molecule has 1 N–H and O–H groups in total. The number of piperidine rings is 1. The highest BCUT2D eigenvalue weighted by atomic mass is 16.6. The standard InChI is InChI=1S/C22H29NO2.C11H16N2/c1-5-21(24)25-22(18(2)17-23(3)4,20-14-10-7-11-15-20)16-19-12-8-6-9-13-19;1-3-7-11(8-4-1)12-13-9-5-2-6-10-13/h6-15,18H,5,16-17H2,1-4H3;1,3-4,7-8,12H,2,5-6,9-10H2. The number of anilines is 1. The first kappa shape index (κ1) is 29.4. The lowest BCUT2D eigenvalue weighted by molar-refractivity contribution is -0.168. The largest absolute Gasteiger partial charge is 0.453 e. The molecule has 1 fully saturated rings. The summed E-state index contributed by atoms with van der Waals surface area (Å²) in [6, 6.07) is 30.8. The van der Waals surface area contributed by atoms with Crippen LogP contribution in [0, 0.1) is 5.92 Å². The summed E-state index contributed by atoms with van der Waals surface area (Å²) >= 11 is 0. The number of rotatable bonds is 10. The highest BCUT2D eigenvalue weighted by Gasteiger charge is 2.42. The molecule has 3 aromatic rings. The van der Waals surface area contributed by atoms with Crippen molar-refractivity contribution < 1.29 is 9.53 Å². The lowest BCUT2D eigenvalue weighted by atomic mass is 9.77. The van der Waals surface area contributed by atoms with Crippen LogP contribution in [0.25, 0.3) is 0 Å². The van der Waals surface area contributed by atoms with E-state index in [-0.39, 0.29) is 11.9 Å². The fraction of sp³-hybridized carbons (Fsp3) is 0.424. The van der Waals surface area contributed by atoms with Crippen LogP contribution in [0.15, 0.2) is 91.0 Å². The zero-order valence-electron chi connectivity index (χ0n) is 23.6. The molecule has 5 nitrogen and oxygen atoms in total. The Kier molecular flexibility index (Phi) is 11.8. The molecule has 38 heavy (non-hydrogen) atoms. The summed E-state index contributed by atoms with van der Waals surface area (Å²) in [5.74, 6) is -0.0222. The van der Waals surface area contributed by atoms with Gasteiger partial charge in [0.2, 0.25) is 0 Å². The number of hydrogen-bond acceptors (Lipinski definition) is 5. The van der Waals surface area contributed by atoms with Crippen LogP contribution in [0.4, 0.5) is 5.69 Å². The van der Waals surface area contributed by atoms with Gasteiger partial charge in [0.05, 0.1) is 0 Å². The van der Waals surface area contributed by atoms with E-state index in [1.807, 2.05) is 49.4 Å². The first-order valence-corrected chi connectivity index (χ1v) is 14.0. The Balaban J connectivity index is 0.000000256. The Morgan fingerprint density at radius 2 is 1.45 bits per heavy atom. The second-order valence-electron chi connectivity index (χ2n) is 10.4. The molecule has 5 heteroatoms. The second kappa shape index (κ2) is 15.3. The quantitative estimate of drug-likeness (QED) is 0.302. The van der Waals surface area contributed by atoms with Crippen molar-refractivity contribution in [2.75, 3.05) is 39.2 Å². The maximum atomic E-state index is 12.3. The molecule has 0 amide bonds. The van der Waals surface area contributed by atoms with Crippen molar-refractivity contribution in [1.29, 1.82) is 0 Å². The van der Waals surface area contributed by atoms with E-state index in [1.54, 1.807) is 0 Å². The van der Waals surface area contributed by atoms with Gasteiger partial charge < -0.3 is 15.1 Å². The van der Waals surface area contributed by atoms with Crippen LogP contribution in [0.3, 0.4) is 0 Å². The summed E-state index contributed by atoms with van der Waals surface area (Å²) in [6.07, 6.45) is 5.06. The van der Waals surface area contributed by atoms with Crippen LogP contribution in [0.5, 0.6) is 0 Å². The fourth-order valence-electron chi connectivity index (χ4n) is 5.05. The Hall–Kier alpha value is -3.15. The predicted molar refractivity (Wildman–Crippen MR) is 158 cm³/mol. The van der Waals surface area contributed by atoms with Crippen LogP contribution in [-0.2, 0) is 21.6 Å². The van der Waals surface area contributed by atoms with Crippen LogP contribution in [0.1, 0.15) is 50.7 Å². The summed E-state index contributed by atoms with van der Waals surface area (Å²) in [4.78, 5) is 14.5. The molecule has 1 aliphatic heterocycles. The number of carbonyl (C=O) groups is 1. The molecule has 1 saturated heterocycles. The molecule has 0 aromatic heterocycles. The van der Waals surface area contributed by atoms with Crippen molar-refractivity contribution >= 4 is 11.7 Å². The molecule has 0 bridgehead atoms. The number of carbonyl (C=O) groups excluding carboxylic acids is 1. The Bertz CT molecular complexity index is 1050. The zero-order valence-corrected chi connectivity index (χ0v) is 23.6. The molecule has 0 aliphatic carbocycles. The van der Waals surface area contributed by atoms with Crippen LogP contribution < -0.4 is 5.43 Å². The van der Waals surface area contributed by atoms with E-state index in [1.165, 1.54) is 43.6 Å². The molecule has 1 aliphatic rings. The molecule has 4 rings (SSSR count). The van der Waals surface area contributed by atoms with Gasteiger partial charge in [0.15, 0.2) is 0 Å². The number of benzene rings is 3. The molecular weight excluding hydrogens is 470 g/mol. The number of ether oxygens (including phenoxy) is 1. The van der Waals surface area contributed by atoms with E-state index in [9.17, 15) is 4.79 Å². The molecule has 2 unspecified atom stereocenters. The Morgan fingerprint density at radius 3 is 2.00 bits per heavy atom. The average molecular weight is 516 g/mol. The van der Waals surface area contributed by atoms with Gasteiger partial charge in [-0.25, -0.2) is 5.01 Å². The highest BCUT2D eigenvalue weighted by molar-refractivity contribution is 5.69. The number of hydrogen-bond donors (Lipinski definition) is 1. The van der Waals surface area contributed by atoms with Crippen molar-refractivity contribution in [3.05, 3.63) is 102 Å². The Morgan fingerprint density at radius 1 is 0.895 bits per heavy atom. The SMILES string of the molecule is CCC(=O)OC(Cc1ccccc1)(c1ccccc1)C(C)CN(C)C.c1ccc(NN2CCCCC2)cc1. The minimum atomic E-state index is -0.681. The minimum absolute atomic E-state index is 0.139. The lowest BCUT2D eigenvalue weighted by Crippen LogP contribution is -2.44. The van der Waals surface area contributed by atoms with Crippen LogP contribution in [0.2, 0.25) is 0 Å². The van der Waals surface area contributed by atoms with E-state index in [0.717, 1.165) is 12.1 Å². The number of nitrogens with one attached hydrogen (secondary N) is 1. The van der Waals surface area contributed by atoms with Gasteiger partial charge in [0.1, 0.15) is 5.60 Å². The first-order valence-electron chi connectivity index (χ1n) is 14.0. The first-order chi connectivity index (χ1) is 18.4. The molecular formula is C33H45N3O2. The lowest BCUT2D eigenvalue weighted by Gasteiger charge is -2.40. The van der Waals surface area contributed by atoms with E-state index in [0.29, 0.717) is 12.8 Å². The van der Waals surface area contributed by atoms with Gasteiger partial charge in [0.25, 0.3) is 0 Å². The number of nitrogens with zero attached hydrogens (tertiary/aromatic N) is 2. The molecule has 0 saturated carbocycles. The third-order valence-corrected chi connectivity index (χ3v) is 7.01. The number of esters is 1. The van der Waals surface area contributed by atoms with E-state index >= 15 is 0 Å². The number of hydrazine groups is 1. The molecule has 0 spiro atoms. The third-order valence-electron chi connectivity index (χ3n) is 7.01. The maximum Gasteiger partial charge on any atom is 0.306 e. The monoisotopic (exact) mass is 515 g/mol. The van der Waals surface area contributed by atoms with E-state index < -0.39 is 5.60 Å². The molecule has 1 heterocycles. The van der Waals surface area contributed by atoms with Gasteiger partial charge in [-0.1, -0.05) is 99.1 Å². The third kappa shape index (κ3) is 9.00. The van der Waals surface area contributed by atoms with E-state index in [4.69, 9.17) is 4.74 Å². The van der Waals surface area contributed by atoms with E-state index in [2.05, 4.69) is 84.9 Å². The molecule has 3 aromatic carbocycles. The Labute approximate surface area is 229 Å². The van der Waals surface area contributed by atoms with Gasteiger partial charge >= 0.3 is 5.97 Å². The summed E-state index contributed by atoms with van der Waals surface area (Å²) in [7, 11) is 4.10. The molecule has 204 valence electrons. The summed E-state index contributed by atoms with van der Waals surface area (Å²) in [5.41, 5.74) is 6.15. The van der Waals surface area contributed by atoms with Gasteiger partial charge in [-0.2, -0.15) is 0 Å². The topological polar surface area (TPSA) is 44.8 Å². The van der Waals surface area contributed by atoms with Gasteiger partial charge in [-0.05, 0) is 50.2 Å². The van der Waals surface area contributed by atoms with Gasteiger partial charge in [0, 0.05) is 44.1 Å². The molecule has 2 atom stereocenters. The minimum Gasteiger partial charge on any atom is -0.453 e. The average Bonchev–Trinajstić information content (AvgIpc) is 2.94. The van der Waals surface area contributed by atoms with Crippen molar-refractivity contribution in [2.24, 2.45) is 5.92 Å². The van der Waals surface area contributed by atoms with Crippen molar-refractivity contribution in [3.8, 4) is 0 Å². The highest BCUT2D eigenvalue weighted by Crippen LogP contribution is 2.38. The van der Waals surface area contributed by atoms with Crippen LogP contribution in [-0.4, -0.2) is 49.6 Å². The van der Waals surface area contributed by atoms with Gasteiger partial charge in [-0.15, -0.1) is 0 Å². The summed E-state index contributed by atoms with van der Waals surface area (Å²) in [5, 5.41) is 2.30. The van der Waals surface area contributed by atoms with Crippen molar-refractivity contribution in [3.63, 3.8) is 0 Å². The van der Waals surface area contributed by atoms with Crippen LogP contribution >= 0.6 is 0 Å². The summed E-state index contributed by atoms with van der Waals surface area (Å²) < 4.78 is 6.17. The number of para-hydroxylation sites is 1. The van der Waals surface area contributed by atoms with Crippen molar-refractivity contribution in [1.82, 2.24) is 9.91 Å². The van der Waals surface area contributed by atoms with Crippen molar-refractivity contribution in [2.45, 2.75) is 51.6 Å². The summed E-state index contributed by atoms with van der Waals surface area (Å²) in [6.45, 7) is 7.19. The zero-order chi connectivity index (χ0) is 27.2. The van der Waals surface area contributed by atoms with Gasteiger partial charge in [-0.3, -0.25) is 4.79 Å². The second-order valence-corrected chi connectivity index (χ2v) is 10.4. The predicted octanol–water partition coefficient (Wildman–Crippen LogP) is 6.77. The maximum absolute atomic E-state index is 12.3. The molecule has 0 radical (unpaired) electrons. The normalized spacial score (nSPS) is 16.0.